The lowest BCUT2D eigenvalue weighted by atomic mass is 9.95. The zero-order valence-electron chi connectivity index (χ0n) is 11.3. The summed E-state index contributed by atoms with van der Waals surface area (Å²) in [6.45, 7) is 2.02. The van der Waals surface area contributed by atoms with Crippen LogP contribution >= 0.6 is 11.8 Å². The van der Waals surface area contributed by atoms with E-state index >= 15 is 0 Å². The molecule has 1 aromatic heterocycles. The van der Waals surface area contributed by atoms with Gasteiger partial charge in [-0.1, -0.05) is 11.6 Å². The van der Waals surface area contributed by atoms with Crippen molar-refractivity contribution in [2.45, 2.75) is 50.4 Å². The molecule has 0 aromatic carbocycles. The summed E-state index contributed by atoms with van der Waals surface area (Å²) in [5.41, 5.74) is 0. The van der Waals surface area contributed by atoms with Gasteiger partial charge >= 0.3 is 6.03 Å². The van der Waals surface area contributed by atoms with Crippen LogP contribution in [0.25, 0.3) is 0 Å². The van der Waals surface area contributed by atoms with Gasteiger partial charge in [0.05, 0.1) is 6.54 Å². The molecule has 6 nitrogen and oxygen atoms in total. The van der Waals surface area contributed by atoms with Gasteiger partial charge in [0.1, 0.15) is 0 Å². The second kappa shape index (κ2) is 6.79. The maximum absolute atomic E-state index is 11.8. The van der Waals surface area contributed by atoms with Gasteiger partial charge < -0.3 is 15.2 Å². The Balaban J connectivity index is 1.72. The van der Waals surface area contributed by atoms with E-state index in [1.54, 1.807) is 6.92 Å². The van der Waals surface area contributed by atoms with Gasteiger partial charge in [-0.3, -0.25) is 0 Å². The molecule has 0 spiro atoms. The van der Waals surface area contributed by atoms with Gasteiger partial charge in [0.15, 0.2) is 5.82 Å². The van der Waals surface area contributed by atoms with E-state index in [1.807, 2.05) is 11.8 Å². The predicted octanol–water partition coefficient (Wildman–Crippen LogP) is 1.85. The molecule has 106 valence electrons. The van der Waals surface area contributed by atoms with Crippen LogP contribution in [0.15, 0.2) is 4.52 Å². The molecule has 0 saturated heterocycles. The first-order valence-corrected chi connectivity index (χ1v) is 7.82. The van der Waals surface area contributed by atoms with Gasteiger partial charge in [0, 0.05) is 18.2 Å². The van der Waals surface area contributed by atoms with Crippen molar-refractivity contribution in [2.75, 3.05) is 6.26 Å². The normalized spacial score (nSPS) is 23.1. The van der Waals surface area contributed by atoms with Crippen molar-refractivity contribution < 1.29 is 9.32 Å². The van der Waals surface area contributed by atoms with Crippen LogP contribution in [0.5, 0.6) is 0 Å². The number of urea groups is 1. The van der Waals surface area contributed by atoms with Crippen LogP contribution in [0.3, 0.4) is 0 Å². The van der Waals surface area contributed by atoms with E-state index in [0.29, 0.717) is 23.5 Å². The molecule has 2 atom stereocenters. The van der Waals surface area contributed by atoms with E-state index in [0.717, 1.165) is 12.8 Å². The monoisotopic (exact) mass is 284 g/mol. The van der Waals surface area contributed by atoms with E-state index < -0.39 is 0 Å². The minimum absolute atomic E-state index is 0.158. The molecule has 2 rings (SSSR count). The average molecular weight is 284 g/mol. The van der Waals surface area contributed by atoms with Gasteiger partial charge in [-0.15, -0.1) is 0 Å². The molecule has 1 saturated carbocycles. The molecule has 1 aromatic rings. The van der Waals surface area contributed by atoms with Crippen LogP contribution in [-0.2, 0) is 6.54 Å². The Morgan fingerprint density at radius 2 is 2.37 bits per heavy atom. The summed E-state index contributed by atoms with van der Waals surface area (Å²) in [5.74, 6) is 1.01. The van der Waals surface area contributed by atoms with Crippen LogP contribution in [0, 0.1) is 6.92 Å². The maximum atomic E-state index is 11.8. The maximum Gasteiger partial charge on any atom is 0.315 e. The summed E-state index contributed by atoms with van der Waals surface area (Å²) in [7, 11) is 0. The fraction of sp³-hybridized carbons (Fsp3) is 0.750. The number of rotatable bonds is 4. The number of hydrogen-bond donors (Lipinski definition) is 2. The number of nitrogens with zero attached hydrogens (tertiary/aromatic N) is 2. The summed E-state index contributed by atoms with van der Waals surface area (Å²) in [4.78, 5) is 15.8. The fourth-order valence-corrected chi connectivity index (χ4v) is 3.13. The molecular weight excluding hydrogens is 264 g/mol. The first-order chi connectivity index (χ1) is 9.17. The molecule has 19 heavy (non-hydrogen) atoms. The molecule has 7 heteroatoms. The van der Waals surface area contributed by atoms with E-state index in [1.165, 1.54) is 12.8 Å². The van der Waals surface area contributed by atoms with E-state index in [2.05, 4.69) is 27.0 Å². The number of hydrogen-bond acceptors (Lipinski definition) is 5. The quantitative estimate of drug-likeness (QED) is 0.882. The Kier molecular flexibility index (Phi) is 5.07. The Morgan fingerprint density at radius 3 is 3.05 bits per heavy atom. The van der Waals surface area contributed by atoms with Crippen molar-refractivity contribution in [1.82, 2.24) is 20.8 Å². The topological polar surface area (TPSA) is 80.0 Å². The van der Waals surface area contributed by atoms with Crippen molar-refractivity contribution in [3.8, 4) is 0 Å². The first-order valence-electron chi connectivity index (χ1n) is 6.53. The van der Waals surface area contributed by atoms with E-state index in [4.69, 9.17) is 4.52 Å². The van der Waals surface area contributed by atoms with Gasteiger partial charge in [-0.05, 0) is 25.5 Å². The third-order valence-electron chi connectivity index (χ3n) is 3.27. The molecule has 0 unspecified atom stereocenters. The number of aryl methyl sites for hydroxylation is 1. The second-order valence-corrected chi connectivity index (χ2v) is 5.92. The van der Waals surface area contributed by atoms with Gasteiger partial charge in [0.25, 0.3) is 0 Å². The molecule has 1 aliphatic carbocycles. The Labute approximate surface area is 117 Å². The SMILES string of the molecule is CS[C@@H]1CCC[C@H](NC(=O)NCc2noc(C)n2)C1. The number of carbonyl (C=O) groups excluding carboxylic acids is 1. The van der Waals surface area contributed by atoms with Crippen molar-refractivity contribution in [1.29, 1.82) is 0 Å². The van der Waals surface area contributed by atoms with Crippen molar-refractivity contribution in [2.24, 2.45) is 0 Å². The summed E-state index contributed by atoms with van der Waals surface area (Å²) in [6, 6.07) is 0.118. The highest BCUT2D eigenvalue weighted by Gasteiger charge is 2.22. The van der Waals surface area contributed by atoms with Gasteiger partial charge in [-0.2, -0.15) is 16.7 Å². The number of nitrogens with one attached hydrogen (secondary N) is 2. The molecule has 2 amide bonds. The lowest BCUT2D eigenvalue weighted by Gasteiger charge is -2.28. The molecular formula is C12H20N4O2S. The molecule has 1 aliphatic rings. The summed E-state index contributed by atoms with van der Waals surface area (Å²) >= 11 is 1.89. The Bertz CT molecular complexity index is 424. The smallest absolute Gasteiger partial charge is 0.315 e. The molecule has 1 heterocycles. The highest BCUT2D eigenvalue weighted by molar-refractivity contribution is 7.99. The van der Waals surface area contributed by atoms with Crippen LogP contribution in [0.4, 0.5) is 4.79 Å². The summed E-state index contributed by atoms with van der Waals surface area (Å²) < 4.78 is 4.84. The Hall–Kier alpha value is -1.24. The number of carbonyl (C=O) groups is 1. The molecule has 0 bridgehead atoms. The fourth-order valence-electron chi connectivity index (χ4n) is 2.30. The largest absolute Gasteiger partial charge is 0.340 e. The zero-order valence-corrected chi connectivity index (χ0v) is 12.1. The molecule has 0 aliphatic heterocycles. The van der Waals surface area contributed by atoms with E-state index in [9.17, 15) is 4.79 Å². The van der Waals surface area contributed by atoms with Crippen molar-refractivity contribution in [3.63, 3.8) is 0 Å². The van der Waals surface area contributed by atoms with Gasteiger partial charge in [-0.25, -0.2) is 4.79 Å². The van der Waals surface area contributed by atoms with Crippen molar-refractivity contribution >= 4 is 17.8 Å². The zero-order chi connectivity index (χ0) is 13.7. The van der Waals surface area contributed by atoms with Gasteiger partial charge in [0.2, 0.25) is 5.89 Å². The third-order valence-corrected chi connectivity index (χ3v) is 4.37. The van der Waals surface area contributed by atoms with Crippen LogP contribution in [0.1, 0.15) is 37.4 Å². The lowest BCUT2D eigenvalue weighted by molar-refractivity contribution is 0.232. The number of amides is 2. The highest BCUT2D eigenvalue weighted by atomic mass is 32.2. The second-order valence-electron chi connectivity index (χ2n) is 4.78. The summed E-state index contributed by atoms with van der Waals surface area (Å²) in [5, 5.41) is 10.2. The standard InChI is InChI=1S/C12H20N4O2S/c1-8-14-11(16-18-8)7-13-12(17)15-9-4-3-5-10(6-9)19-2/h9-10H,3-7H2,1-2H3,(H2,13,15,17)/t9-,10+/m0/s1. The van der Waals surface area contributed by atoms with Crippen LogP contribution in [0.2, 0.25) is 0 Å². The van der Waals surface area contributed by atoms with Crippen LogP contribution < -0.4 is 10.6 Å². The minimum atomic E-state index is -0.158. The van der Waals surface area contributed by atoms with E-state index in [-0.39, 0.29) is 12.1 Å². The Morgan fingerprint density at radius 1 is 1.53 bits per heavy atom. The molecule has 0 radical (unpaired) electrons. The molecule has 1 fully saturated rings. The molecule has 2 N–H and O–H groups in total. The minimum Gasteiger partial charge on any atom is -0.340 e. The highest BCUT2D eigenvalue weighted by Crippen LogP contribution is 2.26. The first kappa shape index (κ1) is 14.2. The van der Waals surface area contributed by atoms with Crippen molar-refractivity contribution in [3.05, 3.63) is 11.7 Å². The van der Waals surface area contributed by atoms with Crippen LogP contribution in [-0.4, -0.2) is 33.7 Å². The lowest BCUT2D eigenvalue weighted by Crippen LogP contribution is -2.44. The predicted molar refractivity (Wildman–Crippen MR) is 74.0 cm³/mol. The third kappa shape index (κ3) is 4.41. The summed E-state index contributed by atoms with van der Waals surface area (Å²) in [6.07, 6.45) is 6.68. The number of aromatic nitrogens is 2. The average Bonchev–Trinajstić information content (AvgIpc) is 2.82. The number of thioether (sulfide) groups is 1.